The topological polar surface area (TPSA) is 65.5 Å². The number of aromatic carboxylic acids is 1. The molecule has 0 radical (unpaired) electrons. The number of anilines is 1. The maximum absolute atomic E-state index is 13.4. The molecule has 1 atom stereocenters. The lowest BCUT2D eigenvalue weighted by molar-refractivity contribution is 0.0690. The first-order valence-electron chi connectivity index (χ1n) is 6.83. The van der Waals surface area contributed by atoms with Gasteiger partial charge in [-0.05, 0) is 43.9 Å². The summed E-state index contributed by atoms with van der Waals surface area (Å²) in [6, 6.07) is 11.1. The molecule has 0 aliphatic rings. The highest BCUT2D eigenvalue weighted by Crippen LogP contribution is 2.19. The number of benzene rings is 1. The molecular formula is C16H18FN3O2. The Morgan fingerprint density at radius 3 is 2.68 bits per heavy atom. The van der Waals surface area contributed by atoms with Crippen LogP contribution in [0.25, 0.3) is 0 Å². The Balaban J connectivity index is 2.13. The number of nitrogens with one attached hydrogen (secondary N) is 1. The first-order valence-corrected chi connectivity index (χ1v) is 6.83. The molecule has 2 N–H and O–H groups in total. The first-order chi connectivity index (χ1) is 10.5. The van der Waals surface area contributed by atoms with Crippen LogP contribution < -0.4 is 5.32 Å². The lowest BCUT2D eigenvalue weighted by Crippen LogP contribution is -2.27. The highest BCUT2D eigenvalue weighted by Gasteiger charge is 2.15. The maximum atomic E-state index is 13.4. The lowest BCUT2D eigenvalue weighted by atomic mass is 10.1. The van der Waals surface area contributed by atoms with Gasteiger partial charge in [0.25, 0.3) is 0 Å². The van der Waals surface area contributed by atoms with Crippen LogP contribution in [0.3, 0.4) is 0 Å². The molecular weight excluding hydrogens is 285 g/mol. The molecule has 6 heteroatoms. The quantitative estimate of drug-likeness (QED) is 0.859. The summed E-state index contributed by atoms with van der Waals surface area (Å²) >= 11 is 0. The molecule has 1 heterocycles. The predicted molar refractivity (Wildman–Crippen MR) is 82.5 cm³/mol. The van der Waals surface area contributed by atoms with Gasteiger partial charge in [0.15, 0.2) is 5.69 Å². The van der Waals surface area contributed by atoms with Gasteiger partial charge in [-0.2, -0.15) is 0 Å². The van der Waals surface area contributed by atoms with E-state index in [9.17, 15) is 9.18 Å². The third kappa shape index (κ3) is 4.02. The number of carboxylic acids is 1. The number of hydrogen-bond donors (Lipinski definition) is 2. The van der Waals surface area contributed by atoms with Gasteiger partial charge in [0.2, 0.25) is 0 Å². The fraction of sp³-hybridized carbons (Fsp3) is 0.250. The molecule has 5 nitrogen and oxygen atoms in total. The van der Waals surface area contributed by atoms with Gasteiger partial charge in [0.1, 0.15) is 11.6 Å². The molecule has 2 aromatic rings. The summed E-state index contributed by atoms with van der Waals surface area (Å²) < 4.78 is 13.4. The van der Waals surface area contributed by atoms with Crippen LogP contribution in [0, 0.1) is 5.82 Å². The van der Waals surface area contributed by atoms with Gasteiger partial charge in [-0.1, -0.05) is 18.2 Å². The number of halogens is 1. The molecule has 1 aromatic carbocycles. The highest BCUT2D eigenvalue weighted by atomic mass is 19.1. The molecule has 22 heavy (non-hydrogen) atoms. The Morgan fingerprint density at radius 2 is 2.05 bits per heavy atom. The number of nitrogens with zero attached hydrogens (tertiary/aromatic N) is 2. The van der Waals surface area contributed by atoms with Gasteiger partial charge in [0.05, 0.1) is 6.04 Å². The monoisotopic (exact) mass is 303 g/mol. The van der Waals surface area contributed by atoms with E-state index in [4.69, 9.17) is 5.11 Å². The van der Waals surface area contributed by atoms with E-state index in [1.807, 2.05) is 25.1 Å². The van der Waals surface area contributed by atoms with Crippen molar-refractivity contribution in [3.05, 3.63) is 59.5 Å². The molecule has 0 bridgehead atoms. The highest BCUT2D eigenvalue weighted by molar-refractivity contribution is 5.85. The summed E-state index contributed by atoms with van der Waals surface area (Å²) in [7, 11) is 3.80. The van der Waals surface area contributed by atoms with Crippen molar-refractivity contribution in [3.8, 4) is 0 Å². The number of likely N-dealkylation sites (N-methyl/N-ethyl adjacent to an activating group) is 1. The van der Waals surface area contributed by atoms with Crippen LogP contribution in [0.1, 0.15) is 22.1 Å². The normalized spacial score (nSPS) is 12.2. The lowest BCUT2D eigenvalue weighted by Gasteiger charge is -2.25. The van der Waals surface area contributed by atoms with Gasteiger partial charge in [-0.3, -0.25) is 0 Å². The minimum absolute atomic E-state index is 0.0165. The van der Waals surface area contributed by atoms with Crippen molar-refractivity contribution in [2.24, 2.45) is 0 Å². The number of carbonyl (C=O) groups is 1. The van der Waals surface area contributed by atoms with E-state index >= 15 is 0 Å². The average molecular weight is 303 g/mol. The zero-order valence-corrected chi connectivity index (χ0v) is 12.5. The van der Waals surface area contributed by atoms with Crippen LogP contribution in [0.2, 0.25) is 0 Å². The maximum Gasteiger partial charge on any atom is 0.354 e. The largest absolute Gasteiger partial charge is 0.477 e. The van der Waals surface area contributed by atoms with E-state index in [1.54, 1.807) is 18.2 Å². The van der Waals surface area contributed by atoms with Crippen LogP contribution in [-0.2, 0) is 0 Å². The second-order valence-corrected chi connectivity index (χ2v) is 5.13. The van der Waals surface area contributed by atoms with Gasteiger partial charge >= 0.3 is 5.97 Å². The van der Waals surface area contributed by atoms with Crippen LogP contribution in [0.5, 0.6) is 0 Å². The summed E-state index contributed by atoms with van der Waals surface area (Å²) in [4.78, 5) is 16.9. The van der Waals surface area contributed by atoms with Crippen molar-refractivity contribution < 1.29 is 14.3 Å². The number of carboxylic acid groups (broad SMARTS) is 1. The third-order valence-electron chi connectivity index (χ3n) is 3.30. The molecule has 1 aromatic heterocycles. The molecule has 0 saturated heterocycles. The summed E-state index contributed by atoms with van der Waals surface area (Å²) in [6.07, 6.45) is 0. The molecule has 116 valence electrons. The van der Waals surface area contributed by atoms with Crippen LogP contribution in [0.4, 0.5) is 10.2 Å². The van der Waals surface area contributed by atoms with Crippen molar-refractivity contribution >= 4 is 11.8 Å². The molecule has 0 fully saturated rings. The Bertz CT molecular complexity index is 661. The summed E-state index contributed by atoms with van der Waals surface area (Å²) in [5.74, 6) is -0.878. The summed E-state index contributed by atoms with van der Waals surface area (Å²) in [5.41, 5.74) is 0.823. The molecule has 0 saturated carbocycles. The van der Waals surface area contributed by atoms with Crippen molar-refractivity contribution in [1.82, 2.24) is 9.88 Å². The van der Waals surface area contributed by atoms with Crippen LogP contribution in [0.15, 0.2) is 42.5 Å². The third-order valence-corrected chi connectivity index (χ3v) is 3.30. The Kier molecular flexibility index (Phi) is 5.06. The van der Waals surface area contributed by atoms with E-state index in [0.29, 0.717) is 12.4 Å². The first kappa shape index (κ1) is 15.9. The number of rotatable bonds is 6. The van der Waals surface area contributed by atoms with Gasteiger partial charge in [-0.25, -0.2) is 14.2 Å². The minimum atomic E-state index is -1.07. The number of hydrogen-bond acceptors (Lipinski definition) is 4. The van der Waals surface area contributed by atoms with Crippen LogP contribution in [-0.4, -0.2) is 41.6 Å². The number of aromatic nitrogens is 1. The second-order valence-electron chi connectivity index (χ2n) is 5.13. The molecule has 0 spiro atoms. The number of pyridine rings is 1. The van der Waals surface area contributed by atoms with Crippen molar-refractivity contribution in [2.75, 3.05) is 26.0 Å². The molecule has 0 aliphatic heterocycles. The minimum Gasteiger partial charge on any atom is -0.477 e. The zero-order valence-electron chi connectivity index (χ0n) is 12.5. The Labute approximate surface area is 128 Å². The fourth-order valence-corrected chi connectivity index (χ4v) is 2.17. The summed E-state index contributed by atoms with van der Waals surface area (Å²) in [6.45, 7) is 0.479. The Hall–Kier alpha value is -2.47. The standard InChI is InChI=1S/C16H18FN3O2/c1-20(2)14(11-5-3-6-12(17)9-11)10-18-15-8-4-7-13(19-15)16(21)22/h3-9,14H,10H2,1-2H3,(H,18,19)(H,21,22). The SMILES string of the molecule is CN(C)C(CNc1cccc(C(=O)O)n1)c1cccc(F)c1. The summed E-state index contributed by atoms with van der Waals surface area (Å²) in [5, 5.41) is 12.0. The van der Waals surface area contributed by atoms with E-state index in [-0.39, 0.29) is 17.6 Å². The predicted octanol–water partition coefficient (Wildman–Crippen LogP) is 2.63. The molecule has 1 unspecified atom stereocenters. The molecule has 0 amide bonds. The van der Waals surface area contributed by atoms with Crippen molar-refractivity contribution in [1.29, 1.82) is 0 Å². The smallest absolute Gasteiger partial charge is 0.354 e. The van der Waals surface area contributed by atoms with E-state index in [2.05, 4.69) is 10.3 Å². The zero-order chi connectivity index (χ0) is 16.1. The average Bonchev–Trinajstić information content (AvgIpc) is 2.47. The van der Waals surface area contributed by atoms with E-state index in [0.717, 1.165) is 5.56 Å². The van der Waals surface area contributed by atoms with Gasteiger partial charge in [0, 0.05) is 6.54 Å². The Morgan fingerprint density at radius 1 is 1.32 bits per heavy atom. The molecule has 2 rings (SSSR count). The van der Waals surface area contributed by atoms with Crippen molar-refractivity contribution in [2.45, 2.75) is 6.04 Å². The van der Waals surface area contributed by atoms with Gasteiger partial charge in [-0.15, -0.1) is 0 Å². The molecule has 0 aliphatic carbocycles. The van der Waals surface area contributed by atoms with Crippen LogP contribution >= 0.6 is 0 Å². The van der Waals surface area contributed by atoms with E-state index in [1.165, 1.54) is 18.2 Å². The van der Waals surface area contributed by atoms with Gasteiger partial charge < -0.3 is 15.3 Å². The second kappa shape index (κ2) is 7.00. The van der Waals surface area contributed by atoms with E-state index < -0.39 is 5.97 Å². The van der Waals surface area contributed by atoms with Crippen molar-refractivity contribution in [3.63, 3.8) is 0 Å². The fourth-order valence-electron chi connectivity index (χ4n) is 2.17.